The largest absolute Gasteiger partial charge is 0.328 e. The molecule has 1 saturated carbocycles. The van der Waals surface area contributed by atoms with Crippen molar-refractivity contribution in [3.05, 3.63) is 47.8 Å². The Balaban J connectivity index is 1.55. The molecule has 3 aromatic rings. The number of H-pyrrole nitrogens is 1. The summed E-state index contributed by atoms with van der Waals surface area (Å²) in [7, 11) is 0. The van der Waals surface area contributed by atoms with Gasteiger partial charge in [0.1, 0.15) is 23.0 Å². The van der Waals surface area contributed by atoms with Crippen molar-refractivity contribution in [2.45, 2.75) is 51.9 Å². The van der Waals surface area contributed by atoms with Gasteiger partial charge in [-0.05, 0) is 49.7 Å². The molecule has 0 aliphatic heterocycles. The van der Waals surface area contributed by atoms with Gasteiger partial charge in [-0.1, -0.05) is 13.8 Å². The average Bonchev–Trinajstić information content (AvgIpc) is 3.32. The number of rotatable bonds is 5. The minimum atomic E-state index is -2.77. The van der Waals surface area contributed by atoms with Gasteiger partial charge in [-0.3, -0.25) is 4.79 Å². The molecule has 1 fully saturated rings. The van der Waals surface area contributed by atoms with Gasteiger partial charge in [0.2, 0.25) is 0 Å². The Bertz CT molecular complexity index is 1000. The van der Waals surface area contributed by atoms with E-state index in [1.54, 1.807) is 35.1 Å². The number of anilines is 1. The number of aromatic nitrogens is 4. The van der Waals surface area contributed by atoms with E-state index in [2.05, 4.69) is 34.1 Å². The summed E-state index contributed by atoms with van der Waals surface area (Å²) in [6.07, 6.45) is 6.25. The molecule has 1 aliphatic carbocycles. The van der Waals surface area contributed by atoms with Crippen molar-refractivity contribution in [2.75, 3.05) is 5.32 Å². The third-order valence-corrected chi connectivity index (χ3v) is 5.96. The van der Waals surface area contributed by atoms with Crippen LogP contribution in [0.1, 0.15) is 73.8 Å². The second kappa shape index (κ2) is 7.93. The molecule has 0 aromatic carbocycles. The molecular formula is C21H25F2N5O. The molecule has 0 spiro atoms. The van der Waals surface area contributed by atoms with Gasteiger partial charge >= 0.3 is 0 Å². The first kappa shape index (κ1) is 19.5. The third kappa shape index (κ3) is 3.88. The molecule has 0 atom stereocenters. The minimum Gasteiger partial charge on any atom is -0.328 e. The quantitative estimate of drug-likeness (QED) is 0.619. The van der Waals surface area contributed by atoms with E-state index < -0.39 is 18.0 Å². The van der Waals surface area contributed by atoms with Crippen molar-refractivity contribution in [3.63, 3.8) is 0 Å². The molecule has 3 aromatic heterocycles. The molecule has 6 nitrogen and oxygen atoms in total. The van der Waals surface area contributed by atoms with E-state index in [1.165, 1.54) is 0 Å². The van der Waals surface area contributed by atoms with Crippen molar-refractivity contribution in [1.29, 1.82) is 0 Å². The van der Waals surface area contributed by atoms with Gasteiger partial charge in [-0.25, -0.2) is 18.7 Å². The van der Waals surface area contributed by atoms with Crippen LogP contribution in [0.2, 0.25) is 0 Å². The molecule has 0 bridgehead atoms. The number of amides is 1. The lowest BCUT2D eigenvalue weighted by atomic mass is 9.77. The molecule has 3 heterocycles. The lowest BCUT2D eigenvalue weighted by Crippen LogP contribution is -2.18. The molecule has 0 unspecified atom stereocenters. The van der Waals surface area contributed by atoms with Gasteiger partial charge in [0.05, 0.1) is 5.56 Å². The number of nitrogens with zero attached hydrogens (tertiary/aromatic N) is 3. The van der Waals surface area contributed by atoms with Crippen LogP contribution in [0.3, 0.4) is 0 Å². The first-order chi connectivity index (χ1) is 13.9. The first-order valence-electron chi connectivity index (χ1n) is 10.0. The van der Waals surface area contributed by atoms with Crippen molar-refractivity contribution in [1.82, 2.24) is 19.4 Å². The van der Waals surface area contributed by atoms with Crippen molar-refractivity contribution < 1.29 is 13.6 Å². The van der Waals surface area contributed by atoms with E-state index in [-0.39, 0.29) is 11.7 Å². The van der Waals surface area contributed by atoms with Crippen LogP contribution in [0.5, 0.6) is 0 Å². The van der Waals surface area contributed by atoms with E-state index in [0.29, 0.717) is 28.9 Å². The van der Waals surface area contributed by atoms with Crippen LogP contribution in [0, 0.1) is 11.8 Å². The summed E-state index contributed by atoms with van der Waals surface area (Å²) in [4.78, 5) is 24.0. The van der Waals surface area contributed by atoms with Crippen LogP contribution in [0.15, 0.2) is 30.7 Å². The van der Waals surface area contributed by atoms with Gasteiger partial charge in [0, 0.05) is 24.5 Å². The molecule has 0 saturated heterocycles. The molecule has 8 heteroatoms. The smallest absolute Gasteiger partial charge is 0.284 e. The van der Waals surface area contributed by atoms with Gasteiger partial charge in [-0.15, -0.1) is 0 Å². The van der Waals surface area contributed by atoms with E-state index in [9.17, 15) is 13.6 Å². The highest BCUT2D eigenvalue weighted by molar-refractivity contribution is 6.08. The monoisotopic (exact) mass is 401 g/mol. The molecule has 2 N–H and O–H groups in total. The second-order valence-corrected chi connectivity index (χ2v) is 8.07. The predicted octanol–water partition coefficient (Wildman–Crippen LogP) is 5.18. The molecule has 29 heavy (non-hydrogen) atoms. The number of hydrogen-bond donors (Lipinski definition) is 2. The van der Waals surface area contributed by atoms with Crippen molar-refractivity contribution >= 4 is 17.4 Å². The molecule has 0 radical (unpaired) electrons. The highest BCUT2D eigenvalue weighted by Crippen LogP contribution is 2.39. The van der Waals surface area contributed by atoms with Gasteiger partial charge in [0.15, 0.2) is 0 Å². The number of nitrogens with one attached hydrogen (secondary N) is 2. The lowest BCUT2D eigenvalue weighted by Gasteiger charge is -2.29. The molecular weight excluding hydrogens is 376 g/mol. The predicted molar refractivity (Wildman–Crippen MR) is 106 cm³/mol. The Morgan fingerprint density at radius 2 is 2.00 bits per heavy atom. The molecule has 4 rings (SSSR count). The fourth-order valence-electron chi connectivity index (χ4n) is 4.21. The Morgan fingerprint density at radius 1 is 1.24 bits per heavy atom. The maximum Gasteiger partial charge on any atom is 0.284 e. The summed E-state index contributed by atoms with van der Waals surface area (Å²) in [6.45, 7) is 4.45. The Labute approximate surface area is 167 Å². The number of aromatic amines is 1. The van der Waals surface area contributed by atoms with Gasteiger partial charge in [-0.2, -0.15) is 0 Å². The Hall–Kier alpha value is -2.77. The van der Waals surface area contributed by atoms with Gasteiger partial charge in [0.25, 0.3) is 12.3 Å². The molecule has 154 valence electrons. The average molecular weight is 401 g/mol. The first-order valence-corrected chi connectivity index (χ1v) is 10.0. The number of alkyl halides is 2. The van der Waals surface area contributed by atoms with Crippen LogP contribution in [-0.4, -0.2) is 25.3 Å². The van der Waals surface area contributed by atoms with E-state index in [0.717, 1.165) is 25.7 Å². The Kier molecular flexibility index (Phi) is 5.34. The highest BCUT2D eigenvalue weighted by atomic mass is 19.3. The lowest BCUT2D eigenvalue weighted by molar-refractivity contribution is 0.102. The number of hydrogen-bond acceptors (Lipinski definition) is 3. The maximum absolute atomic E-state index is 13.6. The van der Waals surface area contributed by atoms with Crippen molar-refractivity contribution in [3.8, 4) is 0 Å². The maximum atomic E-state index is 13.6. The fourth-order valence-corrected chi connectivity index (χ4v) is 4.21. The fraction of sp³-hybridized carbons (Fsp3) is 0.476. The van der Waals surface area contributed by atoms with Crippen LogP contribution >= 0.6 is 0 Å². The number of fused-ring (bicyclic) bond motifs is 1. The zero-order valence-corrected chi connectivity index (χ0v) is 16.5. The van der Waals surface area contributed by atoms with E-state index in [4.69, 9.17) is 0 Å². The van der Waals surface area contributed by atoms with Gasteiger partial charge < -0.3 is 14.7 Å². The van der Waals surface area contributed by atoms with Crippen LogP contribution in [0.4, 0.5) is 14.6 Å². The third-order valence-electron chi connectivity index (χ3n) is 5.96. The highest BCUT2D eigenvalue weighted by Gasteiger charge is 2.29. The van der Waals surface area contributed by atoms with Crippen LogP contribution in [-0.2, 0) is 0 Å². The number of halogens is 2. The summed E-state index contributed by atoms with van der Waals surface area (Å²) < 4.78 is 28.8. The Morgan fingerprint density at radius 3 is 2.69 bits per heavy atom. The summed E-state index contributed by atoms with van der Waals surface area (Å²) in [6, 6.07) is 3.36. The normalized spacial score (nSPS) is 19.9. The number of imidazole rings is 1. The summed E-state index contributed by atoms with van der Waals surface area (Å²) in [5.41, 5.74) is 0.380. The summed E-state index contributed by atoms with van der Waals surface area (Å²) in [5, 5.41) is 2.58. The SMILES string of the molecule is CC(C)[C@H]1CC[C@H](c2nc(C(F)F)c(NC(=O)c3ccn4cccnc34)[nH]2)CC1. The molecule has 1 amide bonds. The summed E-state index contributed by atoms with van der Waals surface area (Å²) >= 11 is 0. The summed E-state index contributed by atoms with van der Waals surface area (Å²) in [5.74, 6) is 1.44. The number of carbonyl (C=O) groups is 1. The van der Waals surface area contributed by atoms with E-state index in [1.807, 2.05) is 0 Å². The zero-order valence-electron chi connectivity index (χ0n) is 16.5. The second-order valence-electron chi connectivity index (χ2n) is 8.07. The van der Waals surface area contributed by atoms with Crippen LogP contribution < -0.4 is 5.32 Å². The minimum absolute atomic E-state index is 0.0266. The topological polar surface area (TPSA) is 75.1 Å². The number of carbonyl (C=O) groups excluding carboxylic acids is 1. The van der Waals surface area contributed by atoms with Crippen molar-refractivity contribution in [2.24, 2.45) is 11.8 Å². The van der Waals surface area contributed by atoms with E-state index >= 15 is 0 Å². The zero-order chi connectivity index (χ0) is 20.5. The van der Waals surface area contributed by atoms with Crippen LogP contribution in [0.25, 0.3) is 5.65 Å². The standard InChI is InChI=1S/C21H25F2N5O/c1-12(2)13-4-6-14(7-5-13)18-25-16(17(22)23)19(26-18)27-21(29)15-8-11-28-10-3-9-24-20(15)28/h3,8-14,17H,4-7H2,1-2H3,(H,25,26)(H,27,29)/t13-,14-. The molecule has 1 aliphatic rings.